The van der Waals surface area contributed by atoms with Gasteiger partial charge in [0.1, 0.15) is 5.82 Å². The first kappa shape index (κ1) is 25.1. The zero-order chi connectivity index (χ0) is 25.1. The molecule has 2 heterocycles. The molecule has 4 N–H and O–H groups in total. The number of anilines is 4. The summed E-state index contributed by atoms with van der Waals surface area (Å²) in [5.41, 5.74) is 3.18. The standard InChI is InChI=1S/C26H34N6O2S/c1-18-17-28-25(30-21-10-8-19(9-11-21)20-12-14-27-15-13-20)31-24(18)29-22-6-5-7-23(16-22)35(33,34)32-26(2,3)4/h5-11,16-17,20,27,32H,12-15H2,1-4H3,(H2,28,29,30,31). The maximum absolute atomic E-state index is 12.7. The Kier molecular flexibility index (Phi) is 7.39. The topological polar surface area (TPSA) is 108 Å². The number of nitrogens with zero attached hydrogens (tertiary/aromatic N) is 2. The van der Waals surface area contributed by atoms with Gasteiger partial charge in [-0.2, -0.15) is 4.98 Å². The van der Waals surface area contributed by atoms with Gasteiger partial charge in [0.2, 0.25) is 16.0 Å². The third-order valence-electron chi connectivity index (χ3n) is 5.80. The number of piperidine rings is 1. The molecule has 0 saturated carbocycles. The minimum Gasteiger partial charge on any atom is -0.340 e. The van der Waals surface area contributed by atoms with E-state index in [-0.39, 0.29) is 4.90 Å². The van der Waals surface area contributed by atoms with Crippen molar-refractivity contribution in [2.45, 2.75) is 56.9 Å². The molecule has 1 aromatic heterocycles. The lowest BCUT2D eigenvalue weighted by atomic mass is 9.90. The average molecular weight is 495 g/mol. The monoisotopic (exact) mass is 494 g/mol. The molecule has 0 atom stereocenters. The molecule has 1 fully saturated rings. The SMILES string of the molecule is Cc1cnc(Nc2ccc(C3CCNCC3)cc2)nc1Nc1cccc(S(=O)(=O)NC(C)(C)C)c1. The largest absolute Gasteiger partial charge is 0.340 e. The Labute approximate surface area is 208 Å². The Morgan fingerprint density at radius 2 is 1.69 bits per heavy atom. The van der Waals surface area contributed by atoms with Crippen molar-refractivity contribution in [2.24, 2.45) is 0 Å². The molecule has 0 unspecified atom stereocenters. The minimum absolute atomic E-state index is 0.191. The lowest BCUT2D eigenvalue weighted by Crippen LogP contribution is -2.40. The van der Waals surface area contributed by atoms with Gasteiger partial charge < -0.3 is 16.0 Å². The Morgan fingerprint density at radius 1 is 0.971 bits per heavy atom. The van der Waals surface area contributed by atoms with Gasteiger partial charge in [-0.05, 0) is 95.4 Å². The van der Waals surface area contributed by atoms with Crippen molar-refractivity contribution < 1.29 is 8.42 Å². The molecule has 186 valence electrons. The van der Waals surface area contributed by atoms with Crippen molar-refractivity contribution >= 4 is 33.2 Å². The summed E-state index contributed by atoms with van der Waals surface area (Å²) in [6.07, 6.45) is 4.07. The Bertz CT molecular complexity index is 1260. The number of hydrogen-bond donors (Lipinski definition) is 4. The van der Waals surface area contributed by atoms with Crippen LogP contribution in [-0.2, 0) is 10.0 Å². The molecule has 1 aliphatic rings. The second-order valence-electron chi connectivity index (χ2n) is 10.0. The normalized spacial score (nSPS) is 15.1. The van der Waals surface area contributed by atoms with Crippen LogP contribution >= 0.6 is 0 Å². The van der Waals surface area contributed by atoms with Crippen LogP contribution in [0.4, 0.5) is 23.1 Å². The zero-order valence-corrected chi connectivity index (χ0v) is 21.5. The highest BCUT2D eigenvalue weighted by atomic mass is 32.2. The zero-order valence-electron chi connectivity index (χ0n) is 20.7. The molecule has 0 amide bonds. The first-order chi connectivity index (χ1) is 16.6. The van der Waals surface area contributed by atoms with Crippen LogP contribution in [0.25, 0.3) is 0 Å². The summed E-state index contributed by atoms with van der Waals surface area (Å²) in [5.74, 6) is 1.67. The van der Waals surface area contributed by atoms with E-state index in [1.807, 2.05) is 33.8 Å². The van der Waals surface area contributed by atoms with E-state index in [1.54, 1.807) is 24.4 Å². The third-order valence-corrected chi connectivity index (χ3v) is 7.55. The van der Waals surface area contributed by atoms with E-state index in [0.717, 1.165) is 37.2 Å². The molecule has 2 aromatic carbocycles. The summed E-state index contributed by atoms with van der Waals surface area (Å²) in [4.78, 5) is 9.22. The molecule has 8 nitrogen and oxygen atoms in total. The van der Waals surface area contributed by atoms with E-state index in [9.17, 15) is 8.42 Å². The van der Waals surface area contributed by atoms with E-state index in [0.29, 0.717) is 23.4 Å². The van der Waals surface area contributed by atoms with Gasteiger partial charge in [0.05, 0.1) is 4.90 Å². The molecule has 9 heteroatoms. The quantitative estimate of drug-likeness (QED) is 0.373. The molecule has 4 rings (SSSR count). The predicted octanol–water partition coefficient (Wildman–Crippen LogP) is 4.82. The second-order valence-corrected chi connectivity index (χ2v) is 11.7. The van der Waals surface area contributed by atoms with E-state index < -0.39 is 15.6 Å². The molecule has 1 saturated heterocycles. The van der Waals surface area contributed by atoms with Crippen molar-refractivity contribution in [3.8, 4) is 0 Å². The lowest BCUT2D eigenvalue weighted by molar-refractivity contribution is 0.460. The molecule has 35 heavy (non-hydrogen) atoms. The average Bonchev–Trinajstić information content (AvgIpc) is 2.81. The van der Waals surface area contributed by atoms with E-state index >= 15 is 0 Å². The lowest BCUT2D eigenvalue weighted by Gasteiger charge is -2.23. The van der Waals surface area contributed by atoms with Gasteiger partial charge in [-0.1, -0.05) is 18.2 Å². The number of hydrogen-bond acceptors (Lipinski definition) is 7. The molecular weight excluding hydrogens is 460 g/mol. The van der Waals surface area contributed by atoms with Crippen LogP contribution < -0.4 is 20.7 Å². The maximum Gasteiger partial charge on any atom is 0.241 e. The van der Waals surface area contributed by atoms with E-state index in [4.69, 9.17) is 0 Å². The summed E-state index contributed by atoms with van der Waals surface area (Å²) in [5, 5.41) is 9.91. The van der Waals surface area contributed by atoms with Crippen molar-refractivity contribution in [3.63, 3.8) is 0 Å². The van der Waals surface area contributed by atoms with Crippen molar-refractivity contribution in [1.29, 1.82) is 0 Å². The van der Waals surface area contributed by atoms with Gasteiger partial charge in [-0.15, -0.1) is 0 Å². The fourth-order valence-corrected chi connectivity index (χ4v) is 5.56. The molecule has 1 aliphatic heterocycles. The van der Waals surface area contributed by atoms with Gasteiger partial charge in [0, 0.05) is 28.7 Å². The smallest absolute Gasteiger partial charge is 0.241 e. The first-order valence-corrected chi connectivity index (χ1v) is 13.4. The summed E-state index contributed by atoms with van der Waals surface area (Å²) >= 11 is 0. The minimum atomic E-state index is -3.64. The van der Waals surface area contributed by atoms with Gasteiger partial charge in [0.25, 0.3) is 0 Å². The van der Waals surface area contributed by atoms with Gasteiger partial charge in [-0.25, -0.2) is 18.1 Å². The highest BCUT2D eigenvalue weighted by Crippen LogP contribution is 2.27. The third kappa shape index (κ3) is 6.78. The van der Waals surface area contributed by atoms with Gasteiger partial charge in [0.15, 0.2) is 0 Å². The van der Waals surface area contributed by atoms with Crippen molar-refractivity contribution in [3.05, 3.63) is 65.9 Å². The summed E-state index contributed by atoms with van der Waals surface area (Å²) < 4.78 is 28.1. The van der Waals surface area contributed by atoms with E-state index in [2.05, 4.69) is 54.9 Å². The Balaban J connectivity index is 1.48. The predicted molar refractivity (Wildman–Crippen MR) is 141 cm³/mol. The molecule has 0 radical (unpaired) electrons. The summed E-state index contributed by atoms with van der Waals surface area (Å²) in [6.45, 7) is 9.48. The van der Waals surface area contributed by atoms with Crippen LogP contribution in [0.1, 0.15) is 50.7 Å². The summed E-state index contributed by atoms with van der Waals surface area (Å²) in [6, 6.07) is 15.2. The van der Waals surface area contributed by atoms with Crippen LogP contribution in [0, 0.1) is 6.92 Å². The first-order valence-electron chi connectivity index (χ1n) is 11.9. The Morgan fingerprint density at radius 3 is 2.37 bits per heavy atom. The van der Waals surface area contributed by atoms with Gasteiger partial charge >= 0.3 is 0 Å². The van der Waals surface area contributed by atoms with Crippen LogP contribution in [-0.4, -0.2) is 37.0 Å². The number of aromatic nitrogens is 2. The van der Waals surface area contributed by atoms with E-state index in [1.165, 1.54) is 5.56 Å². The number of nitrogens with one attached hydrogen (secondary N) is 4. The molecule has 0 aliphatic carbocycles. The Hall–Kier alpha value is -3.01. The van der Waals surface area contributed by atoms with Crippen LogP contribution in [0.3, 0.4) is 0 Å². The molecule has 0 bridgehead atoms. The number of rotatable bonds is 7. The van der Waals surface area contributed by atoms with Crippen molar-refractivity contribution in [2.75, 3.05) is 23.7 Å². The van der Waals surface area contributed by atoms with Crippen LogP contribution in [0.5, 0.6) is 0 Å². The number of aryl methyl sites for hydroxylation is 1. The summed E-state index contributed by atoms with van der Waals surface area (Å²) in [7, 11) is -3.64. The highest BCUT2D eigenvalue weighted by molar-refractivity contribution is 7.89. The molecule has 3 aromatic rings. The van der Waals surface area contributed by atoms with Crippen molar-refractivity contribution in [1.82, 2.24) is 20.0 Å². The fourth-order valence-electron chi connectivity index (χ4n) is 4.09. The number of sulfonamides is 1. The van der Waals surface area contributed by atoms with Crippen LogP contribution in [0.15, 0.2) is 59.6 Å². The number of benzene rings is 2. The second kappa shape index (κ2) is 10.3. The fraction of sp³-hybridized carbons (Fsp3) is 0.385. The maximum atomic E-state index is 12.7. The molecule has 0 spiro atoms. The molecular formula is C26H34N6O2S. The van der Waals surface area contributed by atoms with Gasteiger partial charge in [-0.3, -0.25) is 0 Å². The van der Waals surface area contributed by atoms with Crippen LogP contribution in [0.2, 0.25) is 0 Å². The highest BCUT2D eigenvalue weighted by Gasteiger charge is 2.22.